The highest BCUT2D eigenvalue weighted by molar-refractivity contribution is 6.42. The van der Waals surface area contributed by atoms with Crippen LogP contribution in [0.2, 0.25) is 10.0 Å². The van der Waals surface area contributed by atoms with E-state index in [-0.39, 0.29) is 18.2 Å². The van der Waals surface area contributed by atoms with Crippen LogP contribution in [0, 0.1) is 5.92 Å². The van der Waals surface area contributed by atoms with E-state index in [2.05, 4.69) is 5.32 Å². The van der Waals surface area contributed by atoms with Gasteiger partial charge in [-0.05, 0) is 30.3 Å². The van der Waals surface area contributed by atoms with Gasteiger partial charge in [-0.2, -0.15) is 0 Å². The van der Waals surface area contributed by atoms with E-state index in [1.54, 1.807) is 42.3 Å². The fourth-order valence-electron chi connectivity index (χ4n) is 2.73. The van der Waals surface area contributed by atoms with E-state index in [9.17, 15) is 9.59 Å². The summed E-state index contributed by atoms with van der Waals surface area (Å²) < 4.78 is 5.18. The predicted octanol–water partition coefficient (Wildman–Crippen LogP) is 3.99. The van der Waals surface area contributed by atoms with Crippen molar-refractivity contribution in [3.8, 4) is 5.75 Å². The zero-order valence-corrected chi connectivity index (χ0v) is 15.0. The van der Waals surface area contributed by atoms with E-state index in [1.165, 1.54) is 0 Å². The molecule has 0 spiro atoms. The Balaban J connectivity index is 1.70. The number of halogens is 2. The molecular weight excluding hydrogens is 363 g/mol. The first-order chi connectivity index (χ1) is 12.0. The van der Waals surface area contributed by atoms with Crippen molar-refractivity contribution in [1.29, 1.82) is 0 Å². The Bertz CT molecular complexity index is 826. The molecule has 1 saturated heterocycles. The van der Waals surface area contributed by atoms with Gasteiger partial charge in [0, 0.05) is 30.4 Å². The fraction of sp³-hybridized carbons (Fsp3) is 0.222. The number of benzene rings is 2. The normalized spacial score (nSPS) is 16.8. The first-order valence-electron chi connectivity index (χ1n) is 7.68. The van der Waals surface area contributed by atoms with Crippen LogP contribution in [-0.2, 0) is 9.59 Å². The number of methoxy groups -OCH3 is 1. The summed E-state index contributed by atoms with van der Waals surface area (Å²) >= 11 is 11.8. The van der Waals surface area contributed by atoms with Gasteiger partial charge in [-0.15, -0.1) is 0 Å². The summed E-state index contributed by atoms with van der Waals surface area (Å²) in [4.78, 5) is 26.4. The summed E-state index contributed by atoms with van der Waals surface area (Å²) in [6.07, 6.45) is 0.157. The minimum absolute atomic E-state index is 0.0949. The van der Waals surface area contributed by atoms with Crippen molar-refractivity contribution in [3.05, 3.63) is 52.5 Å². The second kappa shape index (κ2) is 7.33. The molecule has 5 nitrogen and oxygen atoms in total. The van der Waals surface area contributed by atoms with Crippen LogP contribution in [0.5, 0.6) is 5.75 Å². The maximum absolute atomic E-state index is 12.5. The zero-order valence-electron chi connectivity index (χ0n) is 13.5. The van der Waals surface area contributed by atoms with E-state index in [1.807, 2.05) is 12.1 Å². The number of ether oxygens (including phenoxy) is 1. The number of nitrogens with zero attached hydrogens (tertiary/aromatic N) is 1. The van der Waals surface area contributed by atoms with Crippen LogP contribution in [0.15, 0.2) is 42.5 Å². The number of carbonyl (C=O) groups is 2. The third-order valence-corrected chi connectivity index (χ3v) is 4.79. The van der Waals surface area contributed by atoms with E-state index >= 15 is 0 Å². The van der Waals surface area contributed by atoms with Crippen molar-refractivity contribution in [3.63, 3.8) is 0 Å². The Morgan fingerprint density at radius 1 is 1.20 bits per heavy atom. The summed E-state index contributed by atoms with van der Waals surface area (Å²) in [7, 11) is 1.57. The summed E-state index contributed by atoms with van der Waals surface area (Å²) in [6.45, 7) is 0.319. The summed E-state index contributed by atoms with van der Waals surface area (Å²) in [5, 5.41) is 3.56. The summed E-state index contributed by atoms with van der Waals surface area (Å²) in [5.74, 6) is -0.0955. The van der Waals surface area contributed by atoms with Gasteiger partial charge in [-0.25, -0.2) is 0 Å². The van der Waals surface area contributed by atoms with Crippen LogP contribution in [0.1, 0.15) is 6.42 Å². The molecule has 0 bridgehead atoms. The van der Waals surface area contributed by atoms with Crippen LogP contribution < -0.4 is 15.0 Å². The standard InChI is InChI=1S/C18H16Cl2N2O3/c1-25-14-4-2-3-13(9-14)22-10-11(7-17(22)23)18(24)21-12-5-6-15(19)16(20)8-12/h2-6,8-9,11H,7,10H2,1H3,(H,21,24). The van der Waals surface area contributed by atoms with Gasteiger partial charge in [0.25, 0.3) is 0 Å². The van der Waals surface area contributed by atoms with Crippen molar-refractivity contribution in [2.45, 2.75) is 6.42 Å². The Morgan fingerprint density at radius 3 is 2.72 bits per heavy atom. The molecule has 1 unspecified atom stereocenters. The van der Waals surface area contributed by atoms with E-state index in [0.717, 1.165) is 0 Å². The van der Waals surface area contributed by atoms with E-state index in [0.29, 0.717) is 33.7 Å². The lowest BCUT2D eigenvalue weighted by Crippen LogP contribution is -2.28. The topological polar surface area (TPSA) is 58.6 Å². The molecule has 0 radical (unpaired) electrons. The minimum Gasteiger partial charge on any atom is -0.497 e. The molecule has 0 aliphatic carbocycles. The predicted molar refractivity (Wildman–Crippen MR) is 98.5 cm³/mol. The number of hydrogen-bond acceptors (Lipinski definition) is 3. The quantitative estimate of drug-likeness (QED) is 0.874. The molecular formula is C18H16Cl2N2O3. The molecule has 7 heteroatoms. The molecule has 1 aliphatic heterocycles. The minimum atomic E-state index is -0.437. The second-order valence-electron chi connectivity index (χ2n) is 5.73. The maximum atomic E-state index is 12.5. The van der Waals surface area contributed by atoms with Gasteiger partial charge in [-0.1, -0.05) is 29.3 Å². The first-order valence-corrected chi connectivity index (χ1v) is 8.44. The number of nitrogens with one attached hydrogen (secondary N) is 1. The first kappa shape index (κ1) is 17.6. The van der Waals surface area contributed by atoms with Crippen molar-refractivity contribution >= 4 is 46.4 Å². The molecule has 25 heavy (non-hydrogen) atoms. The highest BCUT2D eigenvalue weighted by atomic mass is 35.5. The van der Waals surface area contributed by atoms with Gasteiger partial charge >= 0.3 is 0 Å². The fourth-order valence-corrected chi connectivity index (χ4v) is 3.03. The SMILES string of the molecule is COc1cccc(N2CC(C(=O)Nc3ccc(Cl)c(Cl)c3)CC2=O)c1. The third-order valence-electron chi connectivity index (χ3n) is 4.05. The smallest absolute Gasteiger partial charge is 0.229 e. The van der Waals surface area contributed by atoms with Crippen molar-refractivity contribution in [2.75, 3.05) is 23.9 Å². The van der Waals surface area contributed by atoms with Gasteiger partial charge in [-0.3, -0.25) is 9.59 Å². The average molecular weight is 379 g/mol. The van der Waals surface area contributed by atoms with Gasteiger partial charge in [0.15, 0.2) is 0 Å². The molecule has 1 atom stereocenters. The van der Waals surface area contributed by atoms with Crippen molar-refractivity contribution in [2.24, 2.45) is 5.92 Å². The lowest BCUT2D eigenvalue weighted by molar-refractivity contribution is -0.122. The number of hydrogen-bond donors (Lipinski definition) is 1. The third kappa shape index (κ3) is 3.89. The zero-order chi connectivity index (χ0) is 18.0. The lowest BCUT2D eigenvalue weighted by Gasteiger charge is -2.17. The van der Waals surface area contributed by atoms with Crippen LogP contribution >= 0.6 is 23.2 Å². The van der Waals surface area contributed by atoms with Crippen LogP contribution in [0.3, 0.4) is 0 Å². The average Bonchev–Trinajstić information content (AvgIpc) is 3.00. The summed E-state index contributed by atoms with van der Waals surface area (Å²) in [5.41, 5.74) is 1.26. The molecule has 1 aliphatic rings. The number of amides is 2. The molecule has 1 N–H and O–H groups in total. The van der Waals surface area contributed by atoms with Crippen LogP contribution in [0.4, 0.5) is 11.4 Å². The largest absolute Gasteiger partial charge is 0.497 e. The van der Waals surface area contributed by atoms with Crippen LogP contribution in [0.25, 0.3) is 0 Å². The van der Waals surface area contributed by atoms with Gasteiger partial charge < -0.3 is 15.0 Å². The molecule has 2 aromatic rings. The highest BCUT2D eigenvalue weighted by Crippen LogP contribution is 2.29. The van der Waals surface area contributed by atoms with Crippen LogP contribution in [-0.4, -0.2) is 25.5 Å². The Hall–Kier alpha value is -2.24. The molecule has 0 aromatic heterocycles. The van der Waals surface area contributed by atoms with Gasteiger partial charge in [0.1, 0.15) is 5.75 Å². The van der Waals surface area contributed by atoms with Crippen molar-refractivity contribution in [1.82, 2.24) is 0 Å². The van der Waals surface area contributed by atoms with E-state index < -0.39 is 5.92 Å². The second-order valence-corrected chi connectivity index (χ2v) is 6.54. The monoisotopic (exact) mass is 378 g/mol. The highest BCUT2D eigenvalue weighted by Gasteiger charge is 2.35. The molecule has 0 saturated carbocycles. The molecule has 130 valence electrons. The maximum Gasteiger partial charge on any atom is 0.229 e. The molecule has 1 heterocycles. The van der Waals surface area contributed by atoms with Gasteiger partial charge in [0.05, 0.1) is 23.1 Å². The lowest BCUT2D eigenvalue weighted by atomic mass is 10.1. The Morgan fingerprint density at radius 2 is 2.00 bits per heavy atom. The Kier molecular flexibility index (Phi) is 5.16. The number of carbonyl (C=O) groups excluding carboxylic acids is 2. The van der Waals surface area contributed by atoms with E-state index in [4.69, 9.17) is 27.9 Å². The van der Waals surface area contributed by atoms with Gasteiger partial charge in [0.2, 0.25) is 11.8 Å². The number of anilines is 2. The molecule has 2 amide bonds. The summed E-state index contributed by atoms with van der Waals surface area (Å²) in [6, 6.07) is 12.1. The number of rotatable bonds is 4. The van der Waals surface area contributed by atoms with Crippen molar-refractivity contribution < 1.29 is 14.3 Å². The molecule has 3 rings (SSSR count). The Labute approximate surface area is 155 Å². The molecule has 2 aromatic carbocycles. The molecule has 1 fully saturated rings.